The van der Waals surface area contributed by atoms with E-state index in [2.05, 4.69) is 37.3 Å². The molecule has 1 heteroatoms. The van der Waals surface area contributed by atoms with Crippen molar-refractivity contribution in [1.29, 1.82) is 0 Å². The van der Waals surface area contributed by atoms with E-state index in [0.717, 1.165) is 7.11 Å². The molecule has 0 saturated carbocycles. The summed E-state index contributed by atoms with van der Waals surface area (Å²) in [6, 6.07) is 10.8. The summed E-state index contributed by atoms with van der Waals surface area (Å²) < 4.78 is 0. The highest BCUT2D eigenvalue weighted by Crippen LogP contribution is 2.10. The van der Waals surface area contributed by atoms with Crippen molar-refractivity contribution in [2.24, 2.45) is 0 Å². The van der Waals surface area contributed by atoms with Gasteiger partial charge in [0.2, 0.25) is 0 Å². The summed E-state index contributed by atoms with van der Waals surface area (Å²) in [6.45, 7) is 2.27. The Balaban J connectivity index is 0.00000121. The Kier molecular flexibility index (Phi) is 12.6. The van der Waals surface area contributed by atoms with E-state index in [1.165, 1.54) is 56.9 Å². The fourth-order valence-electron chi connectivity index (χ4n) is 1.93. The van der Waals surface area contributed by atoms with Gasteiger partial charge in [-0.25, -0.2) is 0 Å². The van der Waals surface area contributed by atoms with Crippen LogP contribution in [0.5, 0.6) is 0 Å². The molecule has 0 bridgehead atoms. The molecule has 98 valence electrons. The van der Waals surface area contributed by atoms with Crippen molar-refractivity contribution in [2.75, 3.05) is 7.11 Å². The van der Waals surface area contributed by atoms with E-state index >= 15 is 0 Å². The minimum Gasteiger partial charge on any atom is -0.400 e. The Morgan fingerprint density at radius 1 is 0.765 bits per heavy atom. The normalized spacial score (nSPS) is 9.59. The molecule has 1 rings (SSSR count). The molecule has 0 amide bonds. The van der Waals surface area contributed by atoms with Crippen molar-refractivity contribution in [2.45, 2.75) is 58.3 Å². The first-order valence-corrected chi connectivity index (χ1v) is 6.92. The van der Waals surface area contributed by atoms with Crippen LogP contribution in [0, 0.1) is 0 Å². The second kappa shape index (κ2) is 13.2. The van der Waals surface area contributed by atoms with Crippen LogP contribution in [-0.4, -0.2) is 12.2 Å². The molecule has 0 aliphatic carbocycles. The molecule has 0 radical (unpaired) electrons. The molecule has 17 heavy (non-hydrogen) atoms. The van der Waals surface area contributed by atoms with E-state index in [0.29, 0.717) is 0 Å². The van der Waals surface area contributed by atoms with Crippen LogP contribution in [0.25, 0.3) is 0 Å². The number of rotatable bonds is 8. The molecule has 0 saturated heterocycles. The maximum atomic E-state index is 7.00. The van der Waals surface area contributed by atoms with Gasteiger partial charge in [-0.2, -0.15) is 0 Å². The van der Waals surface area contributed by atoms with Crippen molar-refractivity contribution < 1.29 is 5.11 Å². The first kappa shape index (κ1) is 16.2. The number of hydrogen-bond donors (Lipinski definition) is 1. The first-order chi connectivity index (χ1) is 8.43. The van der Waals surface area contributed by atoms with E-state index in [1.54, 1.807) is 0 Å². The largest absolute Gasteiger partial charge is 0.400 e. The third kappa shape index (κ3) is 10.1. The van der Waals surface area contributed by atoms with Gasteiger partial charge in [-0.15, -0.1) is 0 Å². The SMILES string of the molecule is CCCCCCCCCc1ccccc1.CO. The molecule has 0 fully saturated rings. The number of aliphatic hydroxyl groups excluding tert-OH is 1. The fourth-order valence-corrected chi connectivity index (χ4v) is 1.93. The van der Waals surface area contributed by atoms with Crippen molar-refractivity contribution >= 4 is 0 Å². The number of unbranched alkanes of at least 4 members (excludes halogenated alkanes) is 6. The number of aryl methyl sites for hydroxylation is 1. The summed E-state index contributed by atoms with van der Waals surface area (Å²) >= 11 is 0. The van der Waals surface area contributed by atoms with Gasteiger partial charge in [-0.05, 0) is 18.4 Å². The van der Waals surface area contributed by atoms with E-state index < -0.39 is 0 Å². The van der Waals surface area contributed by atoms with Gasteiger partial charge in [0.1, 0.15) is 0 Å². The summed E-state index contributed by atoms with van der Waals surface area (Å²) in [5.74, 6) is 0. The second-order valence-corrected chi connectivity index (χ2v) is 4.36. The molecular formula is C16H28O. The number of aliphatic hydroxyl groups is 1. The van der Waals surface area contributed by atoms with Crippen LogP contribution in [0.4, 0.5) is 0 Å². The minimum atomic E-state index is 1.00. The van der Waals surface area contributed by atoms with Gasteiger partial charge in [0, 0.05) is 7.11 Å². The maximum Gasteiger partial charge on any atom is 0.0319 e. The lowest BCUT2D eigenvalue weighted by Crippen LogP contribution is -1.85. The third-order valence-corrected chi connectivity index (χ3v) is 2.91. The quantitative estimate of drug-likeness (QED) is 0.655. The molecule has 0 heterocycles. The van der Waals surface area contributed by atoms with E-state index in [4.69, 9.17) is 5.11 Å². The topological polar surface area (TPSA) is 20.2 Å². The molecule has 0 aliphatic heterocycles. The van der Waals surface area contributed by atoms with Crippen molar-refractivity contribution in [3.8, 4) is 0 Å². The molecular weight excluding hydrogens is 208 g/mol. The zero-order valence-corrected chi connectivity index (χ0v) is 11.5. The number of benzene rings is 1. The highest BCUT2D eigenvalue weighted by Gasteiger charge is 1.92. The minimum absolute atomic E-state index is 1.00. The molecule has 0 aromatic heterocycles. The van der Waals surface area contributed by atoms with E-state index in [1.807, 2.05) is 0 Å². The molecule has 1 N–H and O–H groups in total. The van der Waals surface area contributed by atoms with Gasteiger partial charge in [0.15, 0.2) is 0 Å². The summed E-state index contributed by atoms with van der Waals surface area (Å²) in [7, 11) is 1.00. The molecule has 0 spiro atoms. The lowest BCUT2D eigenvalue weighted by molar-refractivity contribution is 0.399. The van der Waals surface area contributed by atoms with Gasteiger partial charge in [0.25, 0.3) is 0 Å². The van der Waals surface area contributed by atoms with Gasteiger partial charge in [-0.1, -0.05) is 75.8 Å². The van der Waals surface area contributed by atoms with Crippen LogP contribution in [0.15, 0.2) is 30.3 Å². The molecule has 1 aromatic rings. The lowest BCUT2D eigenvalue weighted by Gasteiger charge is -2.01. The van der Waals surface area contributed by atoms with Crippen molar-refractivity contribution in [1.82, 2.24) is 0 Å². The standard InChI is InChI=1S/C15H24.CH4O/c1-2-3-4-5-6-7-9-12-15-13-10-8-11-14-15;1-2/h8,10-11,13-14H,2-7,9,12H2,1H3;2H,1H3. The second-order valence-electron chi connectivity index (χ2n) is 4.36. The zero-order chi connectivity index (χ0) is 12.8. The number of hydrogen-bond acceptors (Lipinski definition) is 1. The van der Waals surface area contributed by atoms with Gasteiger partial charge in [-0.3, -0.25) is 0 Å². The first-order valence-electron chi connectivity index (χ1n) is 6.92. The van der Waals surface area contributed by atoms with Gasteiger partial charge < -0.3 is 5.11 Å². The average molecular weight is 236 g/mol. The van der Waals surface area contributed by atoms with Crippen LogP contribution < -0.4 is 0 Å². The Labute approximate surface area is 107 Å². The van der Waals surface area contributed by atoms with Gasteiger partial charge >= 0.3 is 0 Å². The summed E-state index contributed by atoms with van der Waals surface area (Å²) in [5.41, 5.74) is 1.49. The Morgan fingerprint density at radius 3 is 1.88 bits per heavy atom. The fraction of sp³-hybridized carbons (Fsp3) is 0.625. The highest BCUT2D eigenvalue weighted by molar-refractivity contribution is 5.14. The molecule has 0 unspecified atom stereocenters. The zero-order valence-electron chi connectivity index (χ0n) is 11.5. The average Bonchev–Trinajstić information content (AvgIpc) is 2.41. The lowest BCUT2D eigenvalue weighted by atomic mass is 10.0. The monoisotopic (exact) mass is 236 g/mol. The van der Waals surface area contributed by atoms with E-state index in [-0.39, 0.29) is 0 Å². The van der Waals surface area contributed by atoms with Gasteiger partial charge in [0.05, 0.1) is 0 Å². The summed E-state index contributed by atoms with van der Waals surface area (Å²) in [5, 5.41) is 7.00. The Hall–Kier alpha value is -0.820. The Morgan fingerprint density at radius 2 is 1.29 bits per heavy atom. The van der Waals surface area contributed by atoms with Crippen LogP contribution in [-0.2, 0) is 6.42 Å². The summed E-state index contributed by atoms with van der Waals surface area (Å²) in [6.07, 6.45) is 11.1. The van der Waals surface area contributed by atoms with Crippen LogP contribution in [0.3, 0.4) is 0 Å². The van der Waals surface area contributed by atoms with Crippen molar-refractivity contribution in [3.63, 3.8) is 0 Å². The third-order valence-electron chi connectivity index (χ3n) is 2.91. The van der Waals surface area contributed by atoms with E-state index in [9.17, 15) is 0 Å². The molecule has 1 nitrogen and oxygen atoms in total. The summed E-state index contributed by atoms with van der Waals surface area (Å²) in [4.78, 5) is 0. The smallest absolute Gasteiger partial charge is 0.0319 e. The predicted octanol–water partition coefficient (Wildman–Crippen LogP) is 4.59. The molecule has 0 aliphatic rings. The predicted molar refractivity (Wildman–Crippen MR) is 76.3 cm³/mol. The highest BCUT2D eigenvalue weighted by atomic mass is 16.2. The maximum absolute atomic E-state index is 7.00. The Bertz CT molecular complexity index is 231. The molecule has 0 atom stereocenters. The molecule has 1 aromatic carbocycles. The van der Waals surface area contributed by atoms with Crippen LogP contribution in [0.1, 0.15) is 57.4 Å². The van der Waals surface area contributed by atoms with Crippen LogP contribution >= 0.6 is 0 Å². The van der Waals surface area contributed by atoms with Crippen molar-refractivity contribution in [3.05, 3.63) is 35.9 Å². The van der Waals surface area contributed by atoms with Crippen LogP contribution in [0.2, 0.25) is 0 Å².